The average Bonchev–Trinajstić information content (AvgIpc) is 3.29. The molecular weight excluding hydrogens is 258 g/mol. The third kappa shape index (κ3) is 2.76. The summed E-state index contributed by atoms with van der Waals surface area (Å²) in [7, 11) is 1.92. The number of aromatic nitrogens is 1. The molecule has 1 aromatic heterocycles. The number of rotatable bonds is 4. The van der Waals surface area contributed by atoms with Gasteiger partial charge in [0.25, 0.3) is 5.56 Å². The van der Waals surface area contributed by atoms with Gasteiger partial charge < -0.3 is 4.57 Å². The highest BCUT2D eigenvalue weighted by Gasteiger charge is 2.29. The van der Waals surface area contributed by atoms with Crippen molar-refractivity contribution in [2.75, 3.05) is 0 Å². The molecule has 0 unspecified atom stereocenters. The highest BCUT2D eigenvalue weighted by atomic mass is 16.1. The molecule has 0 saturated heterocycles. The van der Waals surface area contributed by atoms with Crippen LogP contribution in [0.4, 0.5) is 0 Å². The summed E-state index contributed by atoms with van der Waals surface area (Å²) in [5.41, 5.74) is 6.93. The lowest BCUT2D eigenvalue weighted by molar-refractivity contribution is 0.789. The Kier molecular flexibility index (Phi) is 3.88. The second-order valence-electron chi connectivity index (χ2n) is 6.56. The van der Waals surface area contributed by atoms with Gasteiger partial charge in [-0.1, -0.05) is 36.6 Å². The van der Waals surface area contributed by atoms with Crippen LogP contribution >= 0.6 is 0 Å². The van der Waals surface area contributed by atoms with Crippen molar-refractivity contribution in [1.29, 1.82) is 0 Å². The zero-order chi connectivity index (χ0) is 15.0. The average molecular weight is 283 g/mol. The van der Waals surface area contributed by atoms with Gasteiger partial charge >= 0.3 is 0 Å². The van der Waals surface area contributed by atoms with Crippen molar-refractivity contribution in [3.05, 3.63) is 51.0 Å². The summed E-state index contributed by atoms with van der Waals surface area (Å²) in [4.78, 5) is 12.1. The van der Waals surface area contributed by atoms with Gasteiger partial charge in [0.15, 0.2) is 0 Å². The van der Waals surface area contributed by atoms with Crippen LogP contribution in [0.3, 0.4) is 0 Å². The van der Waals surface area contributed by atoms with Gasteiger partial charge in [-0.15, -0.1) is 0 Å². The molecule has 0 spiro atoms. The van der Waals surface area contributed by atoms with Crippen molar-refractivity contribution in [3.63, 3.8) is 0 Å². The van der Waals surface area contributed by atoms with Gasteiger partial charge in [-0.25, -0.2) is 0 Å². The SMILES string of the molecule is CCCC1=CC(c2c(C3CC3)ccc(=O)n2C)=C(C)CC1. The van der Waals surface area contributed by atoms with Crippen molar-refractivity contribution in [2.45, 2.75) is 58.3 Å². The van der Waals surface area contributed by atoms with Crippen LogP contribution in [-0.4, -0.2) is 4.57 Å². The smallest absolute Gasteiger partial charge is 0.250 e. The Hall–Kier alpha value is -1.57. The van der Waals surface area contributed by atoms with Crippen molar-refractivity contribution in [1.82, 2.24) is 4.57 Å². The van der Waals surface area contributed by atoms with Gasteiger partial charge in [0.2, 0.25) is 0 Å². The summed E-state index contributed by atoms with van der Waals surface area (Å²) >= 11 is 0. The minimum atomic E-state index is 0.103. The van der Waals surface area contributed by atoms with E-state index in [1.54, 1.807) is 6.07 Å². The summed E-state index contributed by atoms with van der Waals surface area (Å²) in [6.07, 6.45) is 9.59. The molecular formula is C19H25NO. The van der Waals surface area contributed by atoms with E-state index in [1.165, 1.54) is 60.1 Å². The molecule has 0 radical (unpaired) electrons. The van der Waals surface area contributed by atoms with Crippen LogP contribution < -0.4 is 5.56 Å². The van der Waals surface area contributed by atoms with Crippen molar-refractivity contribution in [3.8, 4) is 0 Å². The molecule has 1 saturated carbocycles. The number of hydrogen-bond donors (Lipinski definition) is 0. The van der Waals surface area contributed by atoms with E-state index in [0.29, 0.717) is 5.92 Å². The molecule has 0 aliphatic heterocycles. The number of allylic oxidation sites excluding steroid dienone is 4. The first-order valence-electron chi connectivity index (χ1n) is 8.21. The summed E-state index contributed by atoms with van der Waals surface area (Å²) in [5.74, 6) is 0.664. The lowest BCUT2D eigenvalue weighted by Gasteiger charge is -2.22. The van der Waals surface area contributed by atoms with E-state index in [-0.39, 0.29) is 5.56 Å². The fourth-order valence-corrected chi connectivity index (χ4v) is 3.39. The van der Waals surface area contributed by atoms with E-state index >= 15 is 0 Å². The Morgan fingerprint density at radius 2 is 2.00 bits per heavy atom. The Labute approximate surface area is 127 Å². The molecule has 0 aromatic carbocycles. The standard InChI is InChI=1S/C19H25NO/c1-4-5-14-7-6-13(2)17(12-14)19-16(15-8-9-15)10-11-18(21)20(19)3/h10-12,15H,4-9H2,1-3H3. The maximum Gasteiger partial charge on any atom is 0.250 e. The van der Waals surface area contributed by atoms with Crippen molar-refractivity contribution >= 4 is 5.57 Å². The molecule has 2 heteroatoms. The molecule has 112 valence electrons. The molecule has 0 atom stereocenters. The first kappa shape index (κ1) is 14.4. The Morgan fingerprint density at radius 3 is 2.67 bits per heavy atom. The molecule has 0 N–H and O–H groups in total. The lowest BCUT2D eigenvalue weighted by atomic mass is 9.87. The second-order valence-corrected chi connectivity index (χ2v) is 6.56. The van der Waals surface area contributed by atoms with Crippen LogP contribution in [0.1, 0.15) is 69.5 Å². The maximum atomic E-state index is 12.1. The van der Waals surface area contributed by atoms with E-state index in [4.69, 9.17) is 0 Å². The van der Waals surface area contributed by atoms with Gasteiger partial charge in [0.1, 0.15) is 0 Å². The van der Waals surface area contributed by atoms with E-state index < -0.39 is 0 Å². The van der Waals surface area contributed by atoms with Gasteiger partial charge in [0.05, 0.1) is 5.69 Å². The first-order valence-corrected chi connectivity index (χ1v) is 8.21. The largest absolute Gasteiger partial charge is 0.311 e. The van der Waals surface area contributed by atoms with Gasteiger partial charge in [-0.3, -0.25) is 4.79 Å². The fourth-order valence-electron chi connectivity index (χ4n) is 3.39. The molecule has 1 fully saturated rings. The lowest BCUT2D eigenvalue weighted by Crippen LogP contribution is -2.21. The highest BCUT2D eigenvalue weighted by Crippen LogP contribution is 2.44. The van der Waals surface area contributed by atoms with E-state index in [9.17, 15) is 4.79 Å². The predicted octanol–water partition coefficient (Wildman–Crippen LogP) is 4.56. The van der Waals surface area contributed by atoms with E-state index in [1.807, 2.05) is 11.6 Å². The van der Waals surface area contributed by atoms with E-state index in [0.717, 1.165) is 6.42 Å². The number of pyridine rings is 1. The Morgan fingerprint density at radius 1 is 1.24 bits per heavy atom. The fraction of sp³-hybridized carbons (Fsp3) is 0.526. The predicted molar refractivity (Wildman–Crippen MR) is 88.5 cm³/mol. The molecule has 2 nitrogen and oxygen atoms in total. The van der Waals surface area contributed by atoms with Crippen molar-refractivity contribution in [2.24, 2.45) is 7.05 Å². The third-order valence-corrected chi connectivity index (χ3v) is 4.82. The van der Waals surface area contributed by atoms with Crippen LogP contribution in [0.5, 0.6) is 0 Å². The molecule has 1 heterocycles. The molecule has 2 aliphatic rings. The third-order valence-electron chi connectivity index (χ3n) is 4.82. The zero-order valence-corrected chi connectivity index (χ0v) is 13.4. The minimum Gasteiger partial charge on any atom is -0.311 e. The molecule has 0 amide bonds. The van der Waals surface area contributed by atoms with Crippen LogP contribution in [0.15, 0.2) is 34.1 Å². The number of hydrogen-bond acceptors (Lipinski definition) is 1. The van der Waals surface area contributed by atoms with Crippen LogP contribution in [0.2, 0.25) is 0 Å². The maximum absolute atomic E-state index is 12.1. The summed E-state index contributed by atoms with van der Waals surface area (Å²) in [5, 5.41) is 0. The van der Waals surface area contributed by atoms with Crippen molar-refractivity contribution < 1.29 is 0 Å². The quantitative estimate of drug-likeness (QED) is 0.794. The Balaban J connectivity index is 2.14. The molecule has 21 heavy (non-hydrogen) atoms. The van der Waals surface area contributed by atoms with Crippen LogP contribution in [0.25, 0.3) is 5.57 Å². The zero-order valence-electron chi connectivity index (χ0n) is 13.4. The van der Waals surface area contributed by atoms with E-state index in [2.05, 4.69) is 26.0 Å². The van der Waals surface area contributed by atoms with Gasteiger partial charge in [-0.05, 0) is 56.1 Å². The molecule has 0 bridgehead atoms. The van der Waals surface area contributed by atoms with Gasteiger partial charge in [0, 0.05) is 13.1 Å². The molecule has 2 aliphatic carbocycles. The topological polar surface area (TPSA) is 22.0 Å². The highest BCUT2D eigenvalue weighted by molar-refractivity contribution is 5.78. The summed E-state index contributed by atoms with van der Waals surface area (Å²) in [6, 6.07) is 3.80. The number of nitrogens with zero attached hydrogens (tertiary/aromatic N) is 1. The Bertz CT molecular complexity index is 667. The normalized spacial score (nSPS) is 18.9. The first-order chi connectivity index (χ1) is 10.1. The van der Waals surface area contributed by atoms with Crippen LogP contribution in [-0.2, 0) is 7.05 Å². The molecule has 3 rings (SSSR count). The monoisotopic (exact) mass is 283 g/mol. The molecule has 1 aromatic rings. The van der Waals surface area contributed by atoms with Crippen LogP contribution in [0, 0.1) is 0 Å². The summed E-state index contributed by atoms with van der Waals surface area (Å²) < 4.78 is 1.86. The summed E-state index contributed by atoms with van der Waals surface area (Å²) in [6.45, 7) is 4.46. The minimum absolute atomic E-state index is 0.103. The second kappa shape index (κ2) is 5.67. The van der Waals surface area contributed by atoms with Gasteiger partial charge in [-0.2, -0.15) is 0 Å².